The molecule has 0 radical (unpaired) electrons. The van der Waals surface area contributed by atoms with E-state index in [9.17, 15) is 0 Å². The topological polar surface area (TPSA) is 64.6 Å². The van der Waals surface area contributed by atoms with Gasteiger partial charge in [0.05, 0.1) is 11.4 Å². The molecule has 0 unspecified atom stereocenters. The zero-order valence-electron chi connectivity index (χ0n) is 13.0. The first-order valence-electron chi connectivity index (χ1n) is 7.70. The Balaban J connectivity index is 1.68. The summed E-state index contributed by atoms with van der Waals surface area (Å²) in [6.45, 7) is 7.01. The third-order valence-corrected chi connectivity index (χ3v) is 4.24. The van der Waals surface area contributed by atoms with Crippen LogP contribution in [-0.2, 0) is 0 Å². The van der Waals surface area contributed by atoms with Gasteiger partial charge in [0.15, 0.2) is 5.11 Å². The molecule has 1 fully saturated rings. The van der Waals surface area contributed by atoms with E-state index in [1.807, 2.05) is 12.1 Å². The van der Waals surface area contributed by atoms with Crippen molar-refractivity contribution in [1.82, 2.24) is 20.6 Å². The Bertz CT molecular complexity index is 577. The van der Waals surface area contributed by atoms with Gasteiger partial charge in [-0.05, 0) is 38.2 Å². The number of thiocarbonyl (C=S) groups is 1. The first kappa shape index (κ1) is 15.2. The van der Waals surface area contributed by atoms with Crippen molar-refractivity contribution in [2.24, 2.45) is 5.10 Å². The monoisotopic (exact) mass is 318 g/mol. The van der Waals surface area contributed by atoms with E-state index >= 15 is 0 Å². The second kappa shape index (κ2) is 6.58. The number of piperazine rings is 1. The molecule has 6 nitrogen and oxygen atoms in total. The summed E-state index contributed by atoms with van der Waals surface area (Å²) in [4.78, 5) is 6.59. The van der Waals surface area contributed by atoms with Gasteiger partial charge in [0.2, 0.25) is 0 Å². The number of aromatic nitrogens is 1. The van der Waals surface area contributed by atoms with Gasteiger partial charge in [-0.3, -0.25) is 10.4 Å². The van der Waals surface area contributed by atoms with Crippen molar-refractivity contribution in [1.29, 1.82) is 0 Å². The Labute approximate surface area is 136 Å². The minimum absolute atomic E-state index is 0.428. The number of nitrogens with one attached hydrogen (secondary N) is 3. The van der Waals surface area contributed by atoms with Gasteiger partial charge in [0.25, 0.3) is 0 Å². The van der Waals surface area contributed by atoms with Crippen LogP contribution in [-0.4, -0.2) is 52.4 Å². The van der Waals surface area contributed by atoms with E-state index in [0.717, 1.165) is 43.1 Å². The van der Waals surface area contributed by atoms with Gasteiger partial charge in [-0.15, -0.1) is 0 Å². The lowest BCUT2D eigenvalue weighted by molar-refractivity contribution is 0.253. The van der Waals surface area contributed by atoms with Gasteiger partial charge in [0.1, 0.15) is 5.69 Å². The van der Waals surface area contributed by atoms with Crippen LogP contribution in [0, 0.1) is 0 Å². The Morgan fingerprint density at radius 2 is 2.18 bits per heavy atom. The Kier molecular flexibility index (Phi) is 4.54. The lowest BCUT2D eigenvalue weighted by atomic mass is 10.1. The van der Waals surface area contributed by atoms with Crippen LogP contribution in [0.4, 0.5) is 5.69 Å². The van der Waals surface area contributed by atoms with Gasteiger partial charge in [0, 0.05) is 44.3 Å². The number of nitrogens with zero attached hydrogens (tertiary/aromatic N) is 3. The fraction of sp³-hybridized carbons (Fsp3) is 0.533. The van der Waals surface area contributed by atoms with Crippen LogP contribution < -0.4 is 16.1 Å². The lowest BCUT2D eigenvalue weighted by Crippen LogP contribution is -2.57. The van der Waals surface area contributed by atoms with E-state index in [4.69, 9.17) is 12.2 Å². The van der Waals surface area contributed by atoms with Crippen LogP contribution >= 0.6 is 12.2 Å². The Hall–Kier alpha value is -1.73. The molecule has 7 heteroatoms. The maximum Gasteiger partial charge on any atom is 0.189 e. The van der Waals surface area contributed by atoms with E-state index in [1.54, 1.807) is 6.20 Å². The molecule has 3 N–H and O–H groups in total. The molecule has 1 aromatic heterocycles. The first-order valence-corrected chi connectivity index (χ1v) is 8.11. The summed E-state index contributed by atoms with van der Waals surface area (Å²) >= 11 is 5.49. The summed E-state index contributed by atoms with van der Waals surface area (Å²) in [5, 5.41) is 12.0. The third kappa shape index (κ3) is 3.36. The smallest absolute Gasteiger partial charge is 0.189 e. The molecule has 0 aromatic carbocycles. The van der Waals surface area contributed by atoms with Gasteiger partial charge < -0.3 is 15.5 Å². The standard InChI is InChI=1S/C15H22N6S/c1-10-8-21(9-11(2)18-10)15(22)20-19-13-5-7-16-12-4-3-6-17-14(12)13/h3-4,6,10-11,16,18H,5,7-9H2,1-2H3,(H,20,22)/b19-13-/t10-,11+. The number of hydrazone groups is 1. The van der Waals surface area contributed by atoms with Gasteiger partial charge in [-0.25, -0.2) is 0 Å². The molecule has 0 saturated carbocycles. The van der Waals surface area contributed by atoms with Crippen LogP contribution in [0.15, 0.2) is 23.4 Å². The number of fused-ring (bicyclic) bond motifs is 1. The Morgan fingerprint density at radius 3 is 2.95 bits per heavy atom. The molecular weight excluding hydrogens is 296 g/mol. The number of anilines is 1. The van der Waals surface area contributed by atoms with E-state index in [-0.39, 0.29) is 0 Å². The molecule has 3 rings (SSSR count). The summed E-state index contributed by atoms with van der Waals surface area (Å²) < 4.78 is 0. The molecule has 22 heavy (non-hydrogen) atoms. The molecule has 118 valence electrons. The van der Waals surface area contributed by atoms with Crippen molar-refractivity contribution in [3.63, 3.8) is 0 Å². The average Bonchev–Trinajstić information content (AvgIpc) is 2.51. The predicted octanol–water partition coefficient (Wildman–Crippen LogP) is 1.16. The minimum Gasteiger partial charge on any atom is -0.383 e. The summed E-state index contributed by atoms with van der Waals surface area (Å²) in [7, 11) is 0. The molecule has 2 aliphatic rings. The Morgan fingerprint density at radius 1 is 1.41 bits per heavy atom. The normalized spacial score (nSPS) is 26.3. The first-order chi connectivity index (χ1) is 10.6. The molecule has 2 aliphatic heterocycles. The van der Waals surface area contributed by atoms with E-state index in [0.29, 0.717) is 17.2 Å². The highest BCUT2D eigenvalue weighted by molar-refractivity contribution is 7.80. The van der Waals surface area contributed by atoms with Crippen molar-refractivity contribution in [3.8, 4) is 0 Å². The fourth-order valence-corrected chi connectivity index (χ4v) is 3.19. The fourth-order valence-electron chi connectivity index (χ4n) is 3.00. The number of rotatable bonds is 1. The zero-order chi connectivity index (χ0) is 15.5. The van der Waals surface area contributed by atoms with Crippen molar-refractivity contribution >= 4 is 28.7 Å². The van der Waals surface area contributed by atoms with E-state index in [1.165, 1.54) is 0 Å². The molecule has 2 atom stereocenters. The summed E-state index contributed by atoms with van der Waals surface area (Å²) in [6, 6.07) is 4.81. The highest BCUT2D eigenvalue weighted by Crippen LogP contribution is 2.19. The molecule has 0 amide bonds. The molecule has 3 heterocycles. The van der Waals surface area contributed by atoms with Gasteiger partial charge >= 0.3 is 0 Å². The van der Waals surface area contributed by atoms with Crippen molar-refractivity contribution in [2.45, 2.75) is 32.4 Å². The molecule has 0 spiro atoms. The van der Waals surface area contributed by atoms with E-state index < -0.39 is 0 Å². The summed E-state index contributed by atoms with van der Waals surface area (Å²) in [5.74, 6) is 0. The number of hydrogen-bond acceptors (Lipinski definition) is 5. The highest BCUT2D eigenvalue weighted by atomic mass is 32.1. The lowest BCUT2D eigenvalue weighted by Gasteiger charge is -2.37. The quantitative estimate of drug-likeness (QED) is 0.533. The summed E-state index contributed by atoms with van der Waals surface area (Å²) in [5.41, 5.74) is 5.95. The van der Waals surface area contributed by atoms with Crippen LogP contribution in [0.5, 0.6) is 0 Å². The van der Waals surface area contributed by atoms with Gasteiger partial charge in [-0.2, -0.15) is 5.10 Å². The maximum absolute atomic E-state index is 5.49. The minimum atomic E-state index is 0.428. The number of pyridine rings is 1. The molecular formula is C15H22N6S. The largest absolute Gasteiger partial charge is 0.383 e. The maximum atomic E-state index is 5.49. The second-order valence-corrected chi connectivity index (χ2v) is 6.31. The second-order valence-electron chi connectivity index (χ2n) is 5.93. The van der Waals surface area contributed by atoms with Crippen molar-refractivity contribution < 1.29 is 0 Å². The van der Waals surface area contributed by atoms with E-state index in [2.05, 4.69) is 44.9 Å². The average molecular weight is 318 g/mol. The van der Waals surface area contributed by atoms with Crippen LogP contribution in [0.2, 0.25) is 0 Å². The molecule has 1 aromatic rings. The summed E-state index contributed by atoms with van der Waals surface area (Å²) in [6.07, 6.45) is 2.63. The predicted molar refractivity (Wildman–Crippen MR) is 93.2 cm³/mol. The highest BCUT2D eigenvalue weighted by Gasteiger charge is 2.23. The van der Waals surface area contributed by atoms with Crippen molar-refractivity contribution in [3.05, 3.63) is 24.0 Å². The zero-order valence-corrected chi connectivity index (χ0v) is 13.8. The van der Waals surface area contributed by atoms with Crippen molar-refractivity contribution in [2.75, 3.05) is 25.0 Å². The molecule has 0 aliphatic carbocycles. The number of hydrogen-bond donors (Lipinski definition) is 3. The van der Waals surface area contributed by atoms with Gasteiger partial charge in [-0.1, -0.05) is 0 Å². The van der Waals surface area contributed by atoms with Crippen LogP contribution in [0.1, 0.15) is 26.0 Å². The molecule has 0 bridgehead atoms. The SMILES string of the molecule is C[C@@H]1CN(C(=S)N/N=C2/CCNc3cccnc32)C[C@H](C)N1. The molecule has 1 saturated heterocycles. The third-order valence-electron chi connectivity index (χ3n) is 3.89. The van der Waals surface area contributed by atoms with Crippen LogP contribution in [0.3, 0.4) is 0 Å². The van der Waals surface area contributed by atoms with Crippen LogP contribution in [0.25, 0.3) is 0 Å².